The van der Waals surface area contributed by atoms with E-state index in [0.717, 1.165) is 12.8 Å². The molecule has 5 nitrogen and oxygen atoms in total. The highest BCUT2D eigenvalue weighted by molar-refractivity contribution is 7.89. The highest BCUT2D eigenvalue weighted by Crippen LogP contribution is 2.36. The minimum Gasteiger partial charge on any atom is -0.399 e. The second-order valence-electron chi connectivity index (χ2n) is 5.49. The fourth-order valence-corrected chi connectivity index (χ4v) is 5.54. The lowest BCUT2D eigenvalue weighted by Crippen LogP contribution is -2.41. The minimum atomic E-state index is -3.72. The van der Waals surface area contributed by atoms with Crippen LogP contribution in [0, 0.1) is 0 Å². The molecule has 1 aromatic carbocycles. The standard InChI is InChI=1S/C13H19Cl2N3O2S/c1-17(2)8-10-4-3-5-18(10)21(19,20)13-11(14)6-9(16)7-12(13)15/h6-7,10H,3-5,8,16H2,1-2H3. The molecule has 0 radical (unpaired) electrons. The van der Waals surface area contributed by atoms with Crippen molar-refractivity contribution >= 4 is 38.9 Å². The Kier molecular flexibility index (Phi) is 5.05. The topological polar surface area (TPSA) is 66.6 Å². The Labute approximate surface area is 135 Å². The Morgan fingerprint density at radius 1 is 1.33 bits per heavy atom. The van der Waals surface area contributed by atoms with Gasteiger partial charge in [0.2, 0.25) is 10.0 Å². The summed E-state index contributed by atoms with van der Waals surface area (Å²) >= 11 is 12.1. The van der Waals surface area contributed by atoms with Crippen LogP contribution >= 0.6 is 23.2 Å². The highest BCUT2D eigenvalue weighted by Gasteiger charge is 2.37. The van der Waals surface area contributed by atoms with E-state index in [4.69, 9.17) is 28.9 Å². The number of halogens is 2. The van der Waals surface area contributed by atoms with E-state index in [1.807, 2.05) is 19.0 Å². The summed E-state index contributed by atoms with van der Waals surface area (Å²) in [5.74, 6) is 0. The van der Waals surface area contributed by atoms with Gasteiger partial charge < -0.3 is 10.6 Å². The molecule has 118 valence electrons. The van der Waals surface area contributed by atoms with E-state index in [9.17, 15) is 8.42 Å². The fourth-order valence-electron chi connectivity index (χ4n) is 2.67. The van der Waals surface area contributed by atoms with Gasteiger partial charge in [-0.3, -0.25) is 0 Å². The summed E-state index contributed by atoms with van der Waals surface area (Å²) < 4.78 is 27.3. The van der Waals surface area contributed by atoms with E-state index >= 15 is 0 Å². The van der Waals surface area contributed by atoms with Crippen molar-refractivity contribution in [3.05, 3.63) is 22.2 Å². The van der Waals surface area contributed by atoms with E-state index in [2.05, 4.69) is 0 Å². The SMILES string of the molecule is CN(C)CC1CCCN1S(=O)(=O)c1c(Cl)cc(N)cc1Cl. The first kappa shape index (κ1) is 16.8. The fraction of sp³-hybridized carbons (Fsp3) is 0.538. The summed E-state index contributed by atoms with van der Waals surface area (Å²) in [7, 11) is 0.121. The van der Waals surface area contributed by atoms with Crippen molar-refractivity contribution in [1.82, 2.24) is 9.21 Å². The molecule has 1 fully saturated rings. The molecular weight excluding hydrogens is 333 g/mol. The van der Waals surface area contributed by atoms with E-state index in [0.29, 0.717) is 18.8 Å². The summed E-state index contributed by atoms with van der Waals surface area (Å²) in [6, 6.07) is 2.77. The Morgan fingerprint density at radius 2 is 1.90 bits per heavy atom. The normalized spacial score (nSPS) is 20.3. The van der Waals surface area contributed by atoms with Gasteiger partial charge in [0.15, 0.2) is 0 Å². The molecule has 1 aliphatic heterocycles. The van der Waals surface area contributed by atoms with Crippen molar-refractivity contribution in [2.24, 2.45) is 0 Å². The second-order valence-corrected chi connectivity index (χ2v) is 8.13. The van der Waals surface area contributed by atoms with Gasteiger partial charge in [0.05, 0.1) is 10.0 Å². The molecule has 0 spiro atoms. The molecule has 0 saturated carbocycles. The lowest BCUT2D eigenvalue weighted by molar-refractivity contribution is 0.291. The van der Waals surface area contributed by atoms with Gasteiger partial charge in [-0.15, -0.1) is 0 Å². The van der Waals surface area contributed by atoms with Gasteiger partial charge in [0.25, 0.3) is 0 Å². The lowest BCUT2D eigenvalue weighted by atomic mass is 10.2. The van der Waals surface area contributed by atoms with Crippen molar-refractivity contribution in [2.75, 3.05) is 32.9 Å². The third-order valence-corrected chi connectivity index (χ3v) is 6.36. The van der Waals surface area contributed by atoms with Gasteiger partial charge in [-0.2, -0.15) is 4.31 Å². The second kappa shape index (κ2) is 6.30. The molecule has 1 aliphatic rings. The third kappa shape index (κ3) is 3.46. The molecule has 1 heterocycles. The van der Waals surface area contributed by atoms with Crippen LogP contribution in [0.5, 0.6) is 0 Å². The van der Waals surface area contributed by atoms with Crippen molar-refractivity contribution < 1.29 is 8.42 Å². The molecule has 1 aromatic rings. The molecule has 0 bridgehead atoms. The first-order chi connectivity index (χ1) is 9.73. The van der Waals surface area contributed by atoms with Crippen LogP contribution in [-0.2, 0) is 10.0 Å². The van der Waals surface area contributed by atoms with Gasteiger partial charge in [-0.25, -0.2) is 8.42 Å². The lowest BCUT2D eigenvalue weighted by Gasteiger charge is -2.27. The van der Waals surface area contributed by atoms with Crippen LogP contribution in [0.15, 0.2) is 17.0 Å². The maximum Gasteiger partial charge on any atom is 0.246 e. The molecule has 2 rings (SSSR count). The summed E-state index contributed by atoms with van der Waals surface area (Å²) in [5.41, 5.74) is 5.98. The first-order valence-corrected chi connectivity index (χ1v) is 8.84. The number of nitrogen functional groups attached to an aromatic ring is 1. The van der Waals surface area contributed by atoms with Crippen LogP contribution in [0.4, 0.5) is 5.69 Å². The zero-order valence-corrected chi connectivity index (χ0v) is 14.3. The molecule has 21 heavy (non-hydrogen) atoms. The maximum atomic E-state index is 12.9. The molecule has 0 amide bonds. The smallest absolute Gasteiger partial charge is 0.246 e. The summed E-state index contributed by atoms with van der Waals surface area (Å²) in [4.78, 5) is 1.93. The zero-order valence-electron chi connectivity index (χ0n) is 12.0. The molecule has 0 aliphatic carbocycles. The van der Waals surface area contributed by atoms with E-state index in [1.165, 1.54) is 16.4 Å². The Morgan fingerprint density at radius 3 is 2.43 bits per heavy atom. The number of sulfonamides is 1. The van der Waals surface area contributed by atoms with Crippen LogP contribution in [-0.4, -0.2) is 50.8 Å². The Hall–Kier alpha value is -0.530. The van der Waals surface area contributed by atoms with E-state index in [-0.39, 0.29) is 21.0 Å². The Balaban J connectivity index is 2.43. The molecule has 1 saturated heterocycles. The first-order valence-electron chi connectivity index (χ1n) is 6.64. The molecule has 1 unspecified atom stereocenters. The van der Waals surface area contributed by atoms with Gasteiger partial charge in [0.1, 0.15) is 4.90 Å². The average Bonchev–Trinajstić information content (AvgIpc) is 2.74. The predicted octanol–water partition coefficient (Wildman–Crippen LogP) is 2.29. The number of nitrogens with zero attached hydrogens (tertiary/aromatic N) is 2. The number of nitrogens with two attached hydrogens (primary N) is 1. The maximum absolute atomic E-state index is 12.9. The molecule has 0 aromatic heterocycles. The van der Waals surface area contributed by atoms with Gasteiger partial charge in [0, 0.05) is 24.8 Å². The number of benzene rings is 1. The predicted molar refractivity (Wildman–Crippen MR) is 86.3 cm³/mol. The third-order valence-electron chi connectivity index (χ3n) is 3.49. The minimum absolute atomic E-state index is 0.0503. The van der Waals surface area contributed by atoms with Gasteiger partial charge in [-0.05, 0) is 39.1 Å². The largest absolute Gasteiger partial charge is 0.399 e. The summed E-state index contributed by atoms with van der Waals surface area (Å²) in [5, 5.41) is 0.131. The molecule has 2 N–H and O–H groups in total. The monoisotopic (exact) mass is 351 g/mol. The molecule has 1 atom stereocenters. The number of anilines is 1. The highest BCUT2D eigenvalue weighted by atomic mass is 35.5. The van der Waals surface area contributed by atoms with Crippen LogP contribution in [0.1, 0.15) is 12.8 Å². The van der Waals surface area contributed by atoms with Crippen molar-refractivity contribution in [1.29, 1.82) is 0 Å². The van der Waals surface area contributed by atoms with Gasteiger partial charge >= 0.3 is 0 Å². The van der Waals surface area contributed by atoms with Crippen LogP contribution in [0.25, 0.3) is 0 Å². The molecular formula is C13H19Cl2N3O2S. The van der Waals surface area contributed by atoms with Crippen LogP contribution in [0.3, 0.4) is 0 Å². The summed E-state index contributed by atoms with van der Waals surface area (Å²) in [6.07, 6.45) is 1.67. The van der Waals surface area contributed by atoms with Crippen molar-refractivity contribution in [3.63, 3.8) is 0 Å². The Bertz CT molecular complexity index is 611. The quantitative estimate of drug-likeness (QED) is 0.845. The van der Waals surface area contributed by atoms with Crippen LogP contribution in [0.2, 0.25) is 10.0 Å². The van der Waals surface area contributed by atoms with E-state index < -0.39 is 10.0 Å². The average molecular weight is 352 g/mol. The zero-order chi connectivity index (χ0) is 15.8. The van der Waals surface area contributed by atoms with Crippen LogP contribution < -0.4 is 5.73 Å². The molecule has 8 heteroatoms. The van der Waals surface area contributed by atoms with Crippen molar-refractivity contribution in [2.45, 2.75) is 23.8 Å². The van der Waals surface area contributed by atoms with Gasteiger partial charge in [-0.1, -0.05) is 23.2 Å². The number of hydrogen-bond acceptors (Lipinski definition) is 4. The summed E-state index contributed by atoms with van der Waals surface area (Å²) in [6.45, 7) is 1.15. The van der Waals surface area contributed by atoms with E-state index in [1.54, 1.807) is 0 Å². The van der Waals surface area contributed by atoms with Crippen molar-refractivity contribution in [3.8, 4) is 0 Å². The number of likely N-dealkylation sites (N-methyl/N-ethyl adjacent to an activating group) is 1. The number of rotatable bonds is 4. The number of hydrogen-bond donors (Lipinski definition) is 1.